The second kappa shape index (κ2) is 4.13. The second-order valence-corrected chi connectivity index (χ2v) is 5.04. The molecule has 0 fully saturated rings. The summed E-state index contributed by atoms with van der Waals surface area (Å²) in [6.45, 7) is 1.05. The van der Waals surface area contributed by atoms with Crippen LogP contribution in [0, 0.1) is 0 Å². The molecule has 92 valence electrons. The lowest BCUT2D eigenvalue weighted by molar-refractivity contribution is 1.11. The summed E-state index contributed by atoms with van der Waals surface area (Å²) in [4.78, 5) is 0. The zero-order chi connectivity index (χ0) is 12.7. The second-order valence-electron chi connectivity index (χ2n) is 5.04. The highest BCUT2D eigenvalue weighted by atomic mass is 14.9. The summed E-state index contributed by atoms with van der Waals surface area (Å²) < 4.78 is 0. The van der Waals surface area contributed by atoms with E-state index in [4.69, 9.17) is 0 Å². The van der Waals surface area contributed by atoms with E-state index in [9.17, 15) is 0 Å². The van der Waals surface area contributed by atoms with Crippen molar-refractivity contribution in [2.45, 2.75) is 6.42 Å². The third kappa shape index (κ3) is 1.62. The van der Waals surface area contributed by atoms with Crippen LogP contribution in [0.2, 0.25) is 0 Å². The van der Waals surface area contributed by atoms with Crippen molar-refractivity contribution in [3.8, 4) is 11.1 Å². The van der Waals surface area contributed by atoms with Gasteiger partial charge in [-0.05, 0) is 39.9 Å². The molecular weight excluding hydrogens is 230 g/mol. The maximum absolute atomic E-state index is 3.46. The molecule has 0 radical (unpaired) electrons. The zero-order valence-corrected chi connectivity index (χ0v) is 10.7. The maximum atomic E-state index is 3.46. The van der Waals surface area contributed by atoms with Gasteiger partial charge in [-0.2, -0.15) is 0 Å². The minimum Gasteiger partial charge on any atom is -0.384 e. The summed E-state index contributed by atoms with van der Waals surface area (Å²) in [5.74, 6) is 0. The average Bonchev–Trinajstić information content (AvgIpc) is 2.95. The van der Waals surface area contributed by atoms with Gasteiger partial charge in [0, 0.05) is 12.2 Å². The van der Waals surface area contributed by atoms with Crippen LogP contribution < -0.4 is 5.32 Å². The van der Waals surface area contributed by atoms with E-state index in [-0.39, 0.29) is 0 Å². The fourth-order valence-corrected chi connectivity index (χ4v) is 3.06. The predicted molar refractivity (Wildman–Crippen MR) is 81.6 cm³/mol. The van der Waals surface area contributed by atoms with Gasteiger partial charge in [0.05, 0.1) is 0 Å². The van der Waals surface area contributed by atoms with Crippen molar-refractivity contribution in [2.24, 2.45) is 0 Å². The first kappa shape index (κ1) is 10.6. The Balaban J connectivity index is 2.04. The Bertz CT molecular complexity index is 753. The smallest absolute Gasteiger partial charge is 0.0379 e. The molecule has 0 saturated carbocycles. The first-order valence-corrected chi connectivity index (χ1v) is 6.77. The van der Waals surface area contributed by atoms with Gasteiger partial charge in [-0.15, -0.1) is 0 Å². The minimum absolute atomic E-state index is 1.05. The van der Waals surface area contributed by atoms with Gasteiger partial charge < -0.3 is 5.32 Å². The summed E-state index contributed by atoms with van der Waals surface area (Å²) in [6.07, 6.45) is 1.12. The Kier molecular flexibility index (Phi) is 2.31. The lowest BCUT2D eigenvalue weighted by Crippen LogP contribution is -1.90. The largest absolute Gasteiger partial charge is 0.384 e. The van der Waals surface area contributed by atoms with Gasteiger partial charge in [-0.1, -0.05) is 54.6 Å². The van der Waals surface area contributed by atoms with Crippen molar-refractivity contribution in [1.29, 1.82) is 0 Å². The summed E-state index contributed by atoms with van der Waals surface area (Å²) in [5.41, 5.74) is 5.47. The highest BCUT2D eigenvalue weighted by Gasteiger charge is 2.15. The normalized spacial score (nSPS) is 13.3. The molecule has 3 aromatic carbocycles. The van der Waals surface area contributed by atoms with Gasteiger partial charge in [0.1, 0.15) is 0 Å². The monoisotopic (exact) mass is 245 g/mol. The van der Waals surface area contributed by atoms with Crippen molar-refractivity contribution in [3.05, 3.63) is 66.2 Å². The lowest BCUT2D eigenvalue weighted by atomic mass is 9.93. The molecule has 4 rings (SSSR count). The van der Waals surface area contributed by atoms with Crippen LogP contribution in [-0.2, 0) is 6.42 Å². The molecule has 0 bridgehead atoms. The van der Waals surface area contributed by atoms with Gasteiger partial charge in [0.15, 0.2) is 0 Å². The highest BCUT2D eigenvalue weighted by molar-refractivity contribution is 5.98. The number of benzene rings is 3. The molecule has 1 heterocycles. The Morgan fingerprint density at radius 2 is 1.53 bits per heavy atom. The van der Waals surface area contributed by atoms with E-state index in [1.54, 1.807) is 0 Å². The van der Waals surface area contributed by atoms with Gasteiger partial charge in [0.25, 0.3) is 0 Å². The Morgan fingerprint density at radius 3 is 2.53 bits per heavy atom. The van der Waals surface area contributed by atoms with Crippen LogP contribution in [0.5, 0.6) is 0 Å². The van der Waals surface area contributed by atoms with E-state index < -0.39 is 0 Å². The molecule has 1 aliphatic rings. The molecule has 0 atom stereocenters. The molecule has 0 saturated heterocycles. The number of rotatable bonds is 1. The quantitative estimate of drug-likeness (QED) is 0.666. The van der Waals surface area contributed by atoms with E-state index in [0.29, 0.717) is 0 Å². The standard InChI is InChI=1S/C18H15N/c1-2-7-14-13(5-1)6-3-8-15(14)16-9-4-10-18-17(16)11-12-19-18/h1-10,19H,11-12H2. The number of anilines is 1. The SMILES string of the molecule is c1cc2c(c(-c3cccc4ccccc34)c1)CCN2. The van der Waals surface area contributed by atoms with Crippen LogP contribution in [-0.4, -0.2) is 6.54 Å². The van der Waals surface area contributed by atoms with E-state index in [2.05, 4.69) is 66.0 Å². The van der Waals surface area contributed by atoms with Gasteiger partial charge in [-0.3, -0.25) is 0 Å². The molecule has 0 amide bonds. The van der Waals surface area contributed by atoms with Crippen molar-refractivity contribution in [2.75, 3.05) is 11.9 Å². The van der Waals surface area contributed by atoms with Crippen molar-refractivity contribution in [1.82, 2.24) is 0 Å². The van der Waals surface area contributed by atoms with Crippen molar-refractivity contribution < 1.29 is 0 Å². The molecule has 0 spiro atoms. The maximum Gasteiger partial charge on any atom is 0.0379 e. The fourth-order valence-electron chi connectivity index (χ4n) is 3.06. The van der Waals surface area contributed by atoms with Crippen molar-refractivity contribution >= 4 is 16.5 Å². The average molecular weight is 245 g/mol. The molecule has 0 unspecified atom stereocenters. The van der Waals surface area contributed by atoms with E-state index in [1.807, 2.05) is 0 Å². The van der Waals surface area contributed by atoms with E-state index in [1.165, 1.54) is 33.2 Å². The van der Waals surface area contributed by atoms with Crippen LogP contribution >= 0.6 is 0 Å². The Morgan fingerprint density at radius 1 is 0.737 bits per heavy atom. The zero-order valence-electron chi connectivity index (χ0n) is 10.7. The number of hydrogen-bond acceptors (Lipinski definition) is 1. The predicted octanol–water partition coefficient (Wildman–Crippen LogP) is 4.47. The van der Waals surface area contributed by atoms with Crippen molar-refractivity contribution in [3.63, 3.8) is 0 Å². The topological polar surface area (TPSA) is 12.0 Å². The third-order valence-corrected chi connectivity index (χ3v) is 3.95. The first-order chi connectivity index (χ1) is 9.43. The molecule has 3 aromatic rings. The Hall–Kier alpha value is -2.28. The summed E-state index contributed by atoms with van der Waals surface area (Å²) in [7, 11) is 0. The molecule has 1 nitrogen and oxygen atoms in total. The molecule has 19 heavy (non-hydrogen) atoms. The number of nitrogens with one attached hydrogen (secondary N) is 1. The summed E-state index contributed by atoms with van der Waals surface area (Å²) in [5, 5.41) is 6.11. The van der Waals surface area contributed by atoms with Crippen LogP contribution in [0.4, 0.5) is 5.69 Å². The summed E-state index contributed by atoms with van der Waals surface area (Å²) in [6, 6.07) is 21.7. The number of hydrogen-bond donors (Lipinski definition) is 1. The van der Waals surface area contributed by atoms with Gasteiger partial charge in [0.2, 0.25) is 0 Å². The minimum atomic E-state index is 1.05. The van der Waals surface area contributed by atoms with Crippen LogP contribution in [0.15, 0.2) is 60.7 Å². The van der Waals surface area contributed by atoms with Gasteiger partial charge in [-0.25, -0.2) is 0 Å². The third-order valence-electron chi connectivity index (χ3n) is 3.95. The molecular formula is C18H15N. The van der Waals surface area contributed by atoms with Crippen LogP contribution in [0.25, 0.3) is 21.9 Å². The van der Waals surface area contributed by atoms with Crippen LogP contribution in [0.3, 0.4) is 0 Å². The lowest BCUT2D eigenvalue weighted by Gasteiger charge is -2.11. The first-order valence-electron chi connectivity index (χ1n) is 6.77. The van der Waals surface area contributed by atoms with E-state index >= 15 is 0 Å². The molecule has 0 aliphatic carbocycles. The molecule has 0 aromatic heterocycles. The summed E-state index contributed by atoms with van der Waals surface area (Å²) >= 11 is 0. The number of fused-ring (bicyclic) bond motifs is 2. The molecule has 1 N–H and O–H groups in total. The van der Waals surface area contributed by atoms with Crippen LogP contribution in [0.1, 0.15) is 5.56 Å². The molecule has 1 heteroatoms. The van der Waals surface area contributed by atoms with Gasteiger partial charge >= 0.3 is 0 Å². The Labute approximate surface area is 112 Å². The highest BCUT2D eigenvalue weighted by Crippen LogP contribution is 2.36. The molecule has 1 aliphatic heterocycles. The van der Waals surface area contributed by atoms with E-state index in [0.717, 1.165) is 13.0 Å². The fraction of sp³-hybridized carbons (Fsp3) is 0.111.